The molecule has 0 radical (unpaired) electrons. The maximum absolute atomic E-state index is 13.1. The third-order valence-corrected chi connectivity index (χ3v) is 6.08. The lowest BCUT2D eigenvalue weighted by Crippen LogP contribution is -2.48. The molecule has 2 aliphatic rings. The van der Waals surface area contributed by atoms with Gasteiger partial charge >= 0.3 is 0 Å². The van der Waals surface area contributed by atoms with Gasteiger partial charge in [-0.05, 0) is 42.0 Å². The number of piperazine rings is 1. The minimum absolute atomic E-state index is 0.0260. The number of nitrogens with zero attached hydrogens (tertiary/aromatic N) is 3. The molecule has 0 bridgehead atoms. The van der Waals surface area contributed by atoms with Crippen molar-refractivity contribution in [3.05, 3.63) is 101 Å². The highest BCUT2D eigenvalue weighted by molar-refractivity contribution is 6.21. The predicted octanol–water partition coefficient (Wildman–Crippen LogP) is 3.45. The molecule has 3 aromatic carbocycles. The van der Waals surface area contributed by atoms with E-state index in [1.807, 2.05) is 29.2 Å². The number of carbonyl (C=O) groups is 3. The Morgan fingerprint density at radius 2 is 1.34 bits per heavy atom. The summed E-state index contributed by atoms with van der Waals surface area (Å²) in [5.74, 6) is -0.611. The van der Waals surface area contributed by atoms with Crippen molar-refractivity contribution in [2.45, 2.75) is 6.54 Å². The standard InChI is InChI=1S/C26H23N3O3/c30-24(28-15-13-27(14-16-28)21-9-2-1-3-10-21)20-8-6-7-19(17-20)18-29-25(31)22-11-4-5-12-23(22)26(29)32/h1-12,17H,13-16,18H2. The van der Waals surface area contributed by atoms with Crippen molar-refractivity contribution in [3.8, 4) is 0 Å². The molecule has 2 aliphatic heterocycles. The average molecular weight is 425 g/mol. The van der Waals surface area contributed by atoms with E-state index < -0.39 is 0 Å². The molecule has 3 aromatic rings. The number of para-hydroxylation sites is 1. The molecule has 0 unspecified atom stereocenters. The second-order valence-corrected chi connectivity index (χ2v) is 8.06. The first-order valence-electron chi connectivity index (χ1n) is 10.8. The molecule has 0 N–H and O–H groups in total. The largest absolute Gasteiger partial charge is 0.368 e. The second-order valence-electron chi connectivity index (χ2n) is 8.06. The quantitative estimate of drug-likeness (QED) is 0.601. The van der Waals surface area contributed by atoms with Crippen molar-refractivity contribution in [2.24, 2.45) is 0 Å². The van der Waals surface area contributed by atoms with Crippen molar-refractivity contribution in [1.82, 2.24) is 9.80 Å². The van der Waals surface area contributed by atoms with Crippen LogP contribution in [0.2, 0.25) is 0 Å². The SMILES string of the molecule is O=C(c1cccc(CN2C(=O)c3ccccc3C2=O)c1)N1CCN(c2ccccc2)CC1. The van der Waals surface area contributed by atoms with Gasteiger partial charge in [0, 0.05) is 37.4 Å². The fourth-order valence-corrected chi connectivity index (χ4v) is 4.36. The maximum Gasteiger partial charge on any atom is 0.261 e. The van der Waals surface area contributed by atoms with Crippen LogP contribution in [-0.2, 0) is 6.54 Å². The Bertz CT molecular complexity index is 1150. The monoisotopic (exact) mass is 425 g/mol. The number of carbonyl (C=O) groups excluding carboxylic acids is 3. The van der Waals surface area contributed by atoms with Crippen molar-refractivity contribution >= 4 is 23.4 Å². The van der Waals surface area contributed by atoms with E-state index in [0.717, 1.165) is 18.7 Å². The number of benzene rings is 3. The highest BCUT2D eigenvalue weighted by Crippen LogP contribution is 2.25. The Morgan fingerprint density at radius 1 is 0.719 bits per heavy atom. The van der Waals surface area contributed by atoms with Gasteiger partial charge in [-0.2, -0.15) is 0 Å². The van der Waals surface area contributed by atoms with Gasteiger partial charge in [0.1, 0.15) is 0 Å². The van der Waals surface area contributed by atoms with E-state index in [1.54, 1.807) is 42.5 Å². The normalized spacial score (nSPS) is 15.8. The van der Waals surface area contributed by atoms with Crippen LogP contribution >= 0.6 is 0 Å². The van der Waals surface area contributed by atoms with Crippen molar-refractivity contribution < 1.29 is 14.4 Å². The molecular weight excluding hydrogens is 402 g/mol. The van der Waals surface area contributed by atoms with Crippen LogP contribution in [0.3, 0.4) is 0 Å². The summed E-state index contributed by atoms with van der Waals surface area (Å²) in [6, 6.07) is 24.3. The number of fused-ring (bicyclic) bond motifs is 1. The molecule has 0 saturated carbocycles. The van der Waals surface area contributed by atoms with Crippen molar-refractivity contribution in [3.63, 3.8) is 0 Å². The van der Waals surface area contributed by atoms with E-state index in [1.165, 1.54) is 10.6 Å². The van der Waals surface area contributed by atoms with E-state index in [4.69, 9.17) is 0 Å². The molecule has 160 valence electrons. The molecule has 32 heavy (non-hydrogen) atoms. The summed E-state index contributed by atoms with van der Waals surface area (Å²) in [5, 5.41) is 0. The van der Waals surface area contributed by atoms with E-state index >= 15 is 0 Å². The summed E-state index contributed by atoms with van der Waals surface area (Å²) in [5.41, 5.74) is 3.37. The first-order valence-corrected chi connectivity index (χ1v) is 10.8. The number of anilines is 1. The smallest absolute Gasteiger partial charge is 0.261 e. The highest BCUT2D eigenvalue weighted by atomic mass is 16.2. The minimum atomic E-state index is -0.292. The third kappa shape index (κ3) is 3.64. The predicted molar refractivity (Wildman–Crippen MR) is 122 cm³/mol. The summed E-state index contributed by atoms with van der Waals surface area (Å²) in [7, 11) is 0. The fourth-order valence-electron chi connectivity index (χ4n) is 4.36. The fraction of sp³-hybridized carbons (Fsp3) is 0.192. The molecule has 6 nitrogen and oxygen atoms in total. The van der Waals surface area contributed by atoms with Crippen LogP contribution < -0.4 is 4.90 Å². The Kier molecular flexibility index (Phi) is 5.19. The van der Waals surface area contributed by atoms with Crippen LogP contribution in [0.1, 0.15) is 36.6 Å². The lowest BCUT2D eigenvalue weighted by atomic mass is 10.1. The zero-order valence-electron chi connectivity index (χ0n) is 17.6. The van der Waals surface area contributed by atoms with Crippen molar-refractivity contribution in [2.75, 3.05) is 31.1 Å². The Balaban J connectivity index is 1.26. The van der Waals surface area contributed by atoms with Gasteiger partial charge in [0.15, 0.2) is 0 Å². The van der Waals surface area contributed by atoms with E-state index in [0.29, 0.717) is 29.8 Å². The first kappa shape index (κ1) is 20.0. The van der Waals surface area contributed by atoms with Crippen LogP contribution in [0.4, 0.5) is 5.69 Å². The maximum atomic E-state index is 13.1. The van der Waals surface area contributed by atoms with Gasteiger partial charge in [-0.25, -0.2) is 0 Å². The number of amides is 3. The van der Waals surface area contributed by atoms with Crippen LogP contribution in [-0.4, -0.2) is 53.7 Å². The summed E-state index contributed by atoms with van der Waals surface area (Å²) in [4.78, 5) is 43.8. The van der Waals surface area contributed by atoms with Gasteiger partial charge in [-0.15, -0.1) is 0 Å². The van der Waals surface area contributed by atoms with Gasteiger partial charge < -0.3 is 9.80 Å². The van der Waals surface area contributed by atoms with Gasteiger partial charge in [0.25, 0.3) is 17.7 Å². The van der Waals surface area contributed by atoms with E-state index in [9.17, 15) is 14.4 Å². The Morgan fingerprint density at radius 3 is 2.00 bits per heavy atom. The molecule has 1 fully saturated rings. The van der Waals surface area contributed by atoms with Crippen LogP contribution in [0.15, 0.2) is 78.9 Å². The van der Waals surface area contributed by atoms with Gasteiger partial charge in [-0.1, -0.05) is 42.5 Å². The number of hydrogen-bond donors (Lipinski definition) is 0. The molecule has 0 atom stereocenters. The summed E-state index contributed by atoms with van der Waals surface area (Å²) in [6.07, 6.45) is 0. The number of imide groups is 1. The first-order chi connectivity index (χ1) is 15.6. The molecule has 3 amide bonds. The van der Waals surface area contributed by atoms with Crippen LogP contribution in [0.25, 0.3) is 0 Å². The minimum Gasteiger partial charge on any atom is -0.368 e. The molecule has 5 rings (SSSR count). The molecule has 1 saturated heterocycles. The van der Waals surface area contributed by atoms with Crippen LogP contribution in [0, 0.1) is 0 Å². The van der Waals surface area contributed by atoms with Gasteiger partial charge in [0.2, 0.25) is 0 Å². The van der Waals surface area contributed by atoms with Crippen LogP contribution in [0.5, 0.6) is 0 Å². The van der Waals surface area contributed by atoms with E-state index in [2.05, 4.69) is 17.0 Å². The Labute approximate surface area is 186 Å². The molecular formula is C26H23N3O3. The van der Waals surface area contributed by atoms with Gasteiger partial charge in [0.05, 0.1) is 17.7 Å². The molecule has 0 aliphatic carbocycles. The zero-order chi connectivity index (χ0) is 22.1. The topological polar surface area (TPSA) is 60.9 Å². The average Bonchev–Trinajstić information content (AvgIpc) is 3.09. The Hall–Kier alpha value is -3.93. The highest BCUT2D eigenvalue weighted by Gasteiger charge is 2.35. The number of hydrogen-bond acceptors (Lipinski definition) is 4. The molecule has 6 heteroatoms. The lowest BCUT2D eigenvalue weighted by Gasteiger charge is -2.36. The molecule has 0 spiro atoms. The number of rotatable bonds is 4. The summed E-state index contributed by atoms with van der Waals surface area (Å²) >= 11 is 0. The summed E-state index contributed by atoms with van der Waals surface area (Å²) < 4.78 is 0. The molecule has 2 heterocycles. The second kappa shape index (κ2) is 8.30. The summed E-state index contributed by atoms with van der Waals surface area (Å²) in [6.45, 7) is 3.01. The zero-order valence-corrected chi connectivity index (χ0v) is 17.6. The van der Waals surface area contributed by atoms with E-state index in [-0.39, 0.29) is 24.3 Å². The molecule has 0 aromatic heterocycles. The van der Waals surface area contributed by atoms with Gasteiger partial charge in [-0.3, -0.25) is 19.3 Å². The van der Waals surface area contributed by atoms with Crippen molar-refractivity contribution in [1.29, 1.82) is 0 Å². The lowest BCUT2D eigenvalue weighted by molar-refractivity contribution is 0.0642. The third-order valence-electron chi connectivity index (χ3n) is 6.08.